The summed E-state index contributed by atoms with van der Waals surface area (Å²) in [4.78, 5) is 4.16. The van der Waals surface area contributed by atoms with Gasteiger partial charge >= 0.3 is 0 Å². The highest BCUT2D eigenvalue weighted by Crippen LogP contribution is 2.21. The monoisotopic (exact) mass is 282 g/mol. The van der Waals surface area contributed by atoms with Crippen LogP contribution in [0.1, 0.15) is 30.2 Å². The third kappa shape index (κ3) is 3.11. The number of halogens is 2. The van der Waals surface area contributed by atoms with Crippen LogP contribution < -0.4 is 10.1 Å². The Kier molecular flexibility index (Phi) is 4.29. The zero-order valence-electron chi connectivity index (χ0n) is 11.5. The number of methoxy groups -OCH3 is 1. The molecule has 0 aliphatic heterocycles. The number of hydrogen-bond acceptors (Lipinski definition) is 4. The minimum absolute atomic E-state index is 0.0371. The lowest BCUT2D eigenvalue weighted by Gasteiger charge is -2.12. The molecule has 2 rings (SSSR count). The van der Waals surface area contributed by atoms with Gasteiger partial charge in [0.1, 0.15) is 23.2 Å². The smallest absolute Gasteiger partial charge is 0.167 e. The maximum absolute atomic E-state index is 13.8. The minimum atomic E-state index is -0.646. The van der Waals surface area contributed by atoms with E-state index in [2.05, 4.69) is 20.5 Å². The number of nitrogens with zero attached hydrogens (tertiary/aromatic N) is 2. The van der Waals surface area contributed by atoms with Gasteiger partial charge in [0, 0.05) is 24.2 Å². The lowest BCUT2D eigenvalue weighted by molar-refractivity contribution is 0.403. The number of aromatic amines is 1. The minimum Gasteiger partial charge on any atom is -0.497 e. The second-order valence-electron chi connectivity index (χ2n) is 4.45. The molecule has 1 heterocycles. The molecule has 0 aliphatic rings. The quantitative estimate of drug-likeness (QED) is 0.883. The summed E-state index contributed by atoms with van der Waals surface area (Å²) in [6.07, 6.45) is 0. The van der Waals surface area contributed by atoms with E-state index in [9.17, 15) is 8.78 Å². The van der Waals surface area contributed by atoms with Crippen molar-refractivity contribution in [3.05, 3.63) is 41.0 Å². The van der Waals surface area contributed by atoms with Gasteiger partial charge in [-0.25, -0.2) is 13.8 Å². The Balaban J connectivity index is 2.07. The topological polar surface area (TPSA) is 62.8 Å². The van der Waals surface area contributed by atoms with E-state index < -0.39 is 11.6 Å². The molecule has 1 unspecified atom stereocenters. The van der Waals surface area contributed by atoms with Gasteiger partial charge in [-0.05, 0) is 13.8 Å². The third-order valence-electron chi connectivity index (χ3n) is 2.94. The first kappa shape index (κ1) is 14.4. The predicted octanol–water partition coefficient (Wildman–Crippen LogP) is 2.25. The van der Waals surface area contributed by atoms with E-state index in [0.29, 0.717) is 11.6 Å². The maximum Gasteiger partial charge on any atom is 0.167 e. The number of hydrogen-bond donors (Lipinski definition) is 2. The Hall–Kier alpha value is -2.02. The average Bonchev–Trinajstić information content (AvgIpc) is 2.84. The van der Waals surface area contributed by atoms with Crippen LogP contribution in [0.5, 0.6) is 5.75 Å². The Morgan fingerprint density at radius 1 is 1.35 bits per heavy atom. The molecule has 108 valence electrons. The summed E-state index contributed by atoms with van der Waals surface area (Å²) in [6, 6.07) is 2.09. The predicted molar refractivity (Wildman–Crippen MR) is 69.3 cm³/mol. The van der Waals surface area contributed by atoms with Crippen molar-refractivity contribution in [2.75, 3.05) is 7.11 Å². The van der Waals surface area contributed by atoms with Crippen molar-refractivity contribution >= 4 is 0 Å². The number of rotatable bonds is 5. The number of H-pyrrole nitrogens is 1. The van der Waals surface area contributed by atoms with Crippen molar-refractivity contribution in [2.24, 2.45) is 0 Å². The zero-order valence-corrected chi connectivity index (χ0v) is 11.5. The summed E-state index contributed by atoms with van der Waals surface area (Å²) >= 11 is 0. The molecule has 20 heavy (non-hydrogen) atoms. The first-order valence-electron chi connectivity index (χ1n) is 6.15. The largest absolute Gasteiger partial charge is 0.497 e. The highest BCUT2D eigenvalue weighted by atomic mass is 19.1. The van der Waals surface area contributed by atoms with Crippen LogP contribution in [0.25, 0.3) is 0 Å². The molecule has 1 aromatic carbocycles. The molecule has 2 N–H and O–H groups in total. The number of ether oxygens (including phenoxy) is 1. The molecule has 1 aromatic heterocycles. The molecule has 0 saturated carbocycles. The molecular weight excluding hydrogens is 266 g/mol. The lowest BCUT2D eigenvalue weighted by atomic mass is 10.1. The van der Waals surface area contributed by atoms with Crippen LogP contribution in [0.3, 0.4) is 0 Å². The average molecular weight is 282 g/mol. The zero-order chi connectivity index (χ0) is 14.7. The van der Waals surface area contributed by atoms with Crippen molar-refractivity contribution in [3.63, 3.8) is 0 Å². The molecule has 0 radical (unpaired) electrons. The van der Waals surface area contributed by atoms with Gasteiger partial charge in [-0.15, -0.1) is 0 Å². The second-order valence-corrected chi connectivity index (χ2v) is 4.45. The Morgan fingerprint density at radius 2 is 2.00 bits per heavy atom. The molecule has 0 saturated heterocycles. The van der Waals surface area contributed by atoms with Crippen LogP contribution in [0.2, 0.25) is 0 Å². The molecule has 0 aliphatic carbocycles. The highest BCUT2D eigenvalue weighted by Gasteiger charge is 2.15. The van der Waals surface area contributed by atoms with Crippen LogP contribution >= 0.6 is 0 Å². The third-order valence-corrected chi connectivity index (χ3v) is 2.94. The molecular formula is C13H16F2N4O. The van der Waals surface area contributed by atoms with Gasteiger partial charge in [0.15, 0.2) is 5.82 Å². The van der Waals surface area contributed by atoms with Gasteiger partial charge < -0.3 is 10.1 Å². The molecule has 0 amide bonds. The number of aromatic nitrogens is 3. The summed E-state index contributed by atoms with van der Waals surface area (Å²) in [7, 11) is 1.36. The van der Waals surface area contributed by atoms with Gasteiger partial charge in [0.25, 0.3) is 0 Å². The second kappa shape index (κ2) is 5.96. The summed E-state index contributed by atoms with van der Waals surface area (Å²) < 4.78 is 32.3. The van der Waals surface area contributed by atoms with Crippen molar-refractivity contribution in [2.45, 2.75) is 26.4 Å². The fourth-order valence-corrected chi connectivity index (χ4v) is 1.77. The van der Waals surface area contributed by atoms with Crippen molar-refractivity contribution in [1.29, 1.82) is 0 Å². The lowest BCUT2D eigenvalue weighted by Crippen LogP contribution is -2.20. The number of benzene rings is 1. The van der Waals surface area contributed by atoms with E-state index in [0.717, 1.165) is 12.1 Å². The first-order valence-corrected chi connectivity index (χ1v) is 6.15. The Bertz CT molecular complexity index is 577. The summed E-state index contributed by atoms with van der Waals surface area (Å²) in [5.74, 6) is 0.106. The highest BCUT2D eigenvalue weighted by molar-refractivity contribution is 5.30. The number of aryl methyl sites for hydroxylation is 1. The van der Waals surface area contributed by atoms with Crippen molar-refractivity contribution in [3.8, 4) is 5.75 Å². The van der Waals surface area contributed by atoms with E-state index in [4.69, 9.17) is 4.74 Å². The fraction of sp³-hybridized carbons (Fsp3) is 0.385. The fourth-order valence-electron chi connectivity index (χ4n) is 1.77. The SMILES string of the molecule is COc1cc(F)c(CNC(C)c2n[nH]c(C)n2)c(F)c1. The molecule has 2 aromatic rings. The van der Waals surface area contributed by atoms with Crippen LogP contribution in [0.4, 0.5) is 8.78 Å². The van der Waals surface area contributed by atoms with E-state index >= 15 is 0 Å². The van der Waals surface area contributed by atoms with E-state index in [-0.39, 0.29) is 23.9 Å². The van der Waals surface area contributed by atoms with Crippen LogP contribution in [-0.2, 0) is 6.54 Å². The summed E-state index contributed by atoms with van der Waals surface area (Å²) in [6.45, 7) is 3.64. The first-order chi connectivity index (χ1) is 9.51. The molecule has 5 nitrogen and oxygen atoms in total. The Labute approximate surface area is 115 Å². The molecule has 0 spiro atoms. The van der Waals surface area contributed by atoms with Gasteiger partial charge in [-0.2, -0.15) is 5.10 Å². The van der Waals surface area contributed by atoms with Crippen LogP contribution in [-0.4, -0.2) is 22.3 Å². The van der Waals surface area contributed by atoms with Gasteiger partial charge in [-0.1, -0.05) is 0 Å². The van der Waals surface area contributed by atoms with Crippen LogP contribution in [0, 0.1) is 18.6 Å². The van der Waals surface area contributed by atoms with E-state index in [1.54, 1.807) is 6.92 Å². The molecule has 0 fully saturated rings. The van der Waals surface area contributed by atoms with Gasteiger partial charge in [0.05, 0.1) is 13.2 Å². The van der Waals surface area contributed by atoms with E-state index in [1.807, 2.05) is 6.92 Å². The van der Waals surface area contributed by atoms with E-state index in [1.165, 1.54) is 7.11 Å². The standard InChI is InChI=1S/C13H16F2N4O/c1-7(13-17-8(2)18-19-13)16-6-10-11(14)4-9(20-3)5-12(10)15/h4-5,7,16H,6H2,1-3H3,(H,17,18,19). The van der Waals surface area contributed by atoms with Gasteiger partial charge in [0.2, 0.25) is 0 Å². The molecule has 7 heteroatoms. The normalized spacial score (nSPS) is 12.4. The number of nitrogens with one attached hydrogen (secondary N) is 2. The van der Waals surface area contributed by atoms with Crippen molar-refractivity contribution in [1.82, 2.24) is 20.5 Å². The Morgan fingerprint density at radius 3 is 2.50 bits per heavy atom. The molecule has 0 bridgehead atoms. The summed E-state index contributed by atoms with van der Waals surface area (Å²) in [5.41, 5.74) is -0.0371. The summed E-state index contributed by atoms with van der Waals surface area (Å²) in [5, 5.41) is 9.70. The van der Waals surface area contributed by atoms with Crippen molar-refractivity contribution < 1.29 is 13.5 Å². The van der Waals surface area contributed by atoms with Crippen LogP contribution in [0.15, 0.2) is 12.1 Å². The van der Waals surface area contributed by atoms with Gasteiger partial charge in [-0.3, -0.25) is 5.10 Å². The molecule has 1 atom stereocenters. The maximum atomic E-state index is 13.8.